The minimum atomic E-state index is -1.02. The predicted molar refractivity (Wildman–Crippen MR) is 123 cm³/mol. The highest BCUT2D eigenvalue weighted by molar-refractivity contribution is 5.84. The van der Waals surface area contributed by atoms with Gasteiger partial charge in [0.25, 0.3) is 0 Å². The molecule has 3 aliphatic heterocycles. The molecule has 2 aromatic carbocycles. The first-order valence-electron chi connectivity index (χ1n) is 10.9. The monoisotopic (exact) mass is 443 g/mol. The SMILES string of the molecule is NC1=NC2(COC1)c1cc(-c3cccnc3)ccc1Oc1c(F)cc(C3=CCCOC3)cc12. The number of hydrogen-bond acceptors (Lipinski definition) is 6. The van der Waals surface area contributed by atoms with Crippen molar-refractivity contribution < 1.29 is 18.6 Å². The molecular formula is C26H22FN3O3. The second kappa shape index (κ2) is 7.79. The number of fused-ring (bicyclic) bond motifs is 4. The van der Waals surface area contributed by atoms with Crippen molar-refractivity contribution in [3.05, 3.63) is 83.4 Å². The Hall–Kier alpha value is -3.55. The van der Waals surface area contributed by atoms with E-state index in [2.05, 4.69) is 11.1 Å². The maximum atomic E-state index is 15.4. The normalized spacial score (nSPS) is 21.5. The number of aliphatic imine (C=N–C) groups is 1. The minimum absolute atomic E-state index is 0.153. The Labute approximate surface area is 190 Å². The van der Waals surface area contributed by atoms with Gasteiger partial charge in [-0.05, 0) is 53.5 Å². The van der Waals surface area contributed by atoms with E-state index >= 15 is 4.39 Å². The van der Waals surface area contributed by atoms with Gasteiger partial charge in [0.05, 0.1) is 19.8 Å². The molecule has 7 heteroatoms. The summed E-state index contributed by atoms with van der Waals surface area (Å²) in [7, 11) is 0. The van der Waals surface area contributed by atoms with Crippen molar-refractivity contribution in [1.29, 1.82) is 0 Å². The summed E-state index contributed by atoms with van der Waals surface area (Å²) in [5.41, 5.74) is 10.1. The minimum Gasteiger partial charge on any atom is -0.453 e. The third-order valence-corrected chi connectivity index (χ3v) is 6.30. The second-order valence-electron chi connectivity index (χ2n) is 8.42. The number of amidine groups is 1. The molecule has 3 aliphatic rings. The van der Waals surface area contributed by atoms with Gasteiger partial charge >= 0.3 is 0 Å². The van der Waals surface area contributed by atoms with Crippen molar-refractivity contribution in [2.24, 2.45) is 10.7 Å². The highest BCUT2D eigenvalue weighted by Crippen LogP contribution is 2.52. The smallest absolute Gasteiger partial charge is 0.169 e. The number of pyridine rings is 1. The predicted octanol–water partition coefficient (Wildman–Crippen LogP) is 4.43. The Morgan fingerprint density at radius 1 is 0.970 bits per heavy atom. The molecule has 6 rings (SSSR count). The van der Waals surface area contributed by atoms with Crippen LogP contribution in [0, 0.1) is 5.82 Å². The summed E-state index contributed by atoms with van der Waals surface area (Å²) in [6.45, 7) is 1.57. The third kappa shape index (κ3) is 3.32. The zero-order valence-electron chi connectivity index (χ0n) is 17.9. The summed E-state index contributed by atoms with van der Waals surface area (Å²) in [4.78, 5) is 9.10. The Balaban J connectivity index is 1.58. The fourth-order valence-corrected chi connectivity index (χ4v) is 4.75. The molecule has 0 fully saturated rings. The summed E-state index contributed by atoms with van der Waals surface area (Å²) in [6, 6.07) is 13.1. The molecule has 4 heterocycles. The fourth-order valence-electron chi connectivity index (χ4n) is 4.75. The lowest BCUT2D eigenvalue weighted by molar-refractivity contribution is 0.109. The van der Waals surface area contributed by atoms with E-state index in [4.69, 9.17) is 24.9 Å². The van der Waals surface area contributed by atoms with Gasteiger partial charge < -0.3 is 19.9 Å². The van der Waals surface area contributed by atoms with Crippen LogP contribution in [0.4, 0.5) is 4.39 Å². The summed E-state index contributed by atoms with van der Waals surface area (Å²) in [6.07, 6.45) is 6.41. The molecule has 1 unspecified atom stereocenters. The third-order valence-electron chi connectivity index (χ3n) is 6.30. The molecule has 0 radical (unpaired) electrons. The van der Waals surface area contributed by atoms with Gasteiger partial charge in [-0.15, -0.1) is 0 Å². The van der Waals surface area contributed by atoms with Crippen molar-refractivity contribution in [2.75, 3.05) is 26.4 Å². The standard InChI is InChI=1S/C26H22FN3O3/c27-22-11-19(18-4-2-8-31-13-18)10-21-25(22)33-23-6-5-16(17-3-1-7-29-12-17)9-20(23)26(21)15-32-14-24(28)30-26/h1,3-7,9-12H,2,8,13-15H2,(H2,28,30). The quantitative estimate of drug-likeness (QED) is 0.634. The highest BCUT2D eigenvalue weighted by atomic mass is 19.1. The molecule has 0 aliphatic carbocycles. The summed E-state index contributed by atoms with van der Waals surface area (Å²) in [5.74, 6) is 0.594. The van der Waals surface area contributed by atoms with Gasteiger partial charge in [-0.1, -0.05) is 18.2 Å². The van der Waals surface area contributed by atoms with Gasteiger partial charge in [0.15, 0.2) is 11.6 Å². The second-order valence-corrected chi connectivity index (χ2v) is 8.42. The van der Waals surface area contributed by atoms with Crippen LogP contribution >= 0.6 is 0 Å². The molecule has 166 valence electrons. The van der Waals surface area contributed by atoms with E-state index in [-0.39, 0.29) is 19.0 Å². The van der Waals surface area contributed by atoms with E-state index in [9.17, 15) is 0 Å². The Morgan fingerprint density at radius 2 is 1.88 bits per heavy atom. The fraction of sp³-hybridized carbons (Fsp3) is 0.231. The number of nitrogens with zero attached hydrogens (tertiary/aromatic N) is 2. The number of rotatable bonds is 2. The zero-order valence-corrected chi connectivity index (χ0v) is 17.9. The summed E-state index contributed by atoms with van der Waals surface area (Å²) >= 11 is 0. The molecule has 2 N–H and O–H groups in total. The van der Waals surface area contributed by atoms with E-state index in [1.807, 2.05) is 36.4 Å². The molecule has 0 bridgehead atoms. The first-order chi connectivity index (χ1) is 16.1. The van der Waals surface area contributed by atoms with Crippen LogP contribution in [-0.2, 0) is 15.0 Å². The first kappa shape index (κ1) is 20.1. The molecule has 6 nitrogen and oxygen atoms in total. The van der Waals surface area contributed by atoms with Crippen LogP contribution in [0.1, 0.15) is 23.1 Å². The summed E-state index contributed by atoms with van der Waals surface area (Å²) < 4.78 is 33.0. The molecule has 3 aromatic rings. The van der Waals surface area contributed by atoms with Crippen molar-refractivity contribution in [3.8, 4) is 22.6 Å². The lowest BCUT2D eigenvalue weighted by Gasteiger charge is -2.40. The number of nitrogens with two attached hydrogens (primary N) is 1. The summed E-state index contributed by atoms with van der Waals surface area (Å²) in [5, 5.41) is 0. The van der Waals surface area contributed by atoms with Gasteiger partial charge in [-0.25, -0.2) is 4.39 Å². The van der Waals surface area contributed by atoms with Gasteiger partial charge in [-0.3, -0.25) is 9.98 Å². The van der Waals surface area contributed by atoms with Crippen molar-refractivity contribution in [2.45, 2.75) is 12.0 Å². The van der Waals surface area contributed by atoms with Crippen LogP contribution in [0.3, 0.4) is 0 Å². The zero-order chi connectivity index (χ0) is 22.4. The average molecular weight is 443 g/mol. The lowest BCUT2D eigenvalue weighted by atomic mass is 9.78. The number of halogens is 1. The molecule has 1 aromatic heterocycles. The number of benzene rings is 2. The molecular weight excluding hydrogens is 421 g/mol. The topological polar surface area (TPSA) is 79.0 Å². The lowest BCUT2D eigenvalue weighted by Crippen LogP contribution is -2.42. The van der Waals surface area contributed by atoms with E-state index in [1.54, 1.807) is 12.4 Å². The maximum absolute atomic E-state index is 15.4. The van der Waals surface area contributed by atoms with Crippen LogP contribution < -0.4 is 10.5 Å². The van der Waals surface area contributed by atoms with Gasteiger partial charge in [0.2, 0.25) is 0 Å². The Kier molecular flexibility index (Phi) is 4.74. The molecule has 33 heavy (non-hydrogen) atoms. The van der Waals surface area contributed by atoms with E-state index < -0.39 is 11.4 Å². The van der Waals surface area contributed by atoms with Gasteiger partial charge in [0.1, 0.15) is 23.7 Å². The van der Waals surface area contributed by atoms with Crippen LogP contribution in [0.25, 0.3) is 16.7 Å². The molecule has 1 atom stereocenters. The van der Waals surface area contributed by atoms with Gasteiger partial charge in [0, 0.05) is 29.1 Å². The van der Waals surface area contributed by atoms with E-state index in [0.717, 1.165) is 34.2 Å². The number of aromatic nitrogens is 1. The largest absolute Gasteiger partial charge is 0.453 e. The Morgan fingerprint density at radius 3 is 2.67 bits per heavy atom. The number of ether oxygens (including phenoxy) is 3. The maximum Gasteiger partial charge on any atom is 0.169 e. The van der Waals surface area contributed by atoms with E-state index in [1.165, 1.54) is 6.07 Å². The molecule has 0 saturated carbocycles. The van der Waals surface area contributed by atoms with Crippen LogP contribution in [0.15, 0.2) is 65.9 Å². The Bertz CT molecular complexity index is 1310. The van der Waals surface area contributed by atoms with Crippen LogP contribution in [0.5, 0.6) is 11.5 Å². The molecule has 0 amide bonds. The molecule has 0 saturated heterocycles. The highest BCUT2D eigenvalue weighted by Gasteiger charge is 2.46. The van der Waals surface area contributed by atoms with Crippen molar-refractivity contribution in [1.82, 2.24) is 4.98 Å². The average Bonchev–Trinajstić information content (AvgIpc) is 2.86. The first-order valence-corrected chi connectivity index (χ1v) is 10.9. The molecule has 1 spiro atoms. The van der Waals surface area contributed by atoms with Crippen molar-refractivity contribution >= 4 is 11.4 Å². The number of hydrogen-bond donors (Lipinski definition) is 1. The van der Waals surface area contributed by atoms with Crippen LogP contribution in [0.2, 0.25) is 0 Å². The van der Waals surface area contributed by atoms with E-state index in [0.29, 0.717) is 30.4 Å². The van der Waals surface area contributed by atoms with Crippen molar-refractivity contribution in [3.63, 3.8) is 0 Å². The van der Waals surface area contributed by atoms with Crippen LogP contribution in [-0.4, -0.2) is 37.2 Å². The van der Waals surface area contributed by atoms with Gasteiger partial charge in [-0.2, -0.15) is 0 Å².